The standard InChI is InChI=1S/C22H34O4/c1-15(2)18-12-11-16(3)13-20(18)26-21(23)22(4,25-6)19-10-8-7-9-17(19)14-24-5/h7-10,15-16,18,20H,11-14H2,1-6H3/t16-,18+,20-,22-/m1/s1. The van der Waals surface area contributed by atoms with Gasteiger partial charge < -0.3 is 14.2 Å². The maximum atomic E-state index is 13.2. The molecule has 1 aromatic carbocycles. The molecular formula is C22H34O4. The molecule has 26 heavy (non-hydrogen) atoms. The van der Waals surface area contributed by atoms with Crippen molar-refractivity contribution in [3.8, 4) is 0 Å². The zero-order valence-electron chi connectivity index (χ0n) is 17.1. The first kappa shape index (κ1) is 20.9. The van der Waals surface area contributed by atoms with Crippen molar-refractivity contribution < 1.29 is 19.0 Å². The number of rotatable bonds is 7. The molecule has 0 unspecified atom stereocenters. The van der Waals surface area contributed by atoms with Gasteiger partial charge in [0.2, 0.25) is 0 Å². The van der Waals surface area contributed by atoms with Crippen molar-refractivity contribution in [3.63, 3.8) is 0 Å². The Morgan fingerprint density at radius 2 is 1.92 bits per heavy atom. The van der Waals surface area contributed by atoms with Gasteiger partial charge in [0.25, 0.3) is 0 Å². The van der Waals surface area contributed by atoms with E-state index >= 15 is 0 Å². The van der Waals surface area contributed by atoms with E-state index in [0.717, 1.165) is 24.0 Å². The summed E-state index contributed by atoms with van der Waals surface area (Å²) in [5.41, 5.74) is 0.602. The first-order chi connectivity index (χ1) is 12.3. The van der Waals surface area contributed by atoms with Crippen LogP contribution in [0, 0.1) is 17.8 Å². The quantitative estimate of drug-likeness (QED) is 0.660. The Labute approximate surface area is 158 Å². The Hall–Kier alpha value is -1.39. The lowest BCUT2D eigenvalue weighted by molar-refractivity contribution is -0.180. The minimum absolute atomic E-state index is 0.0460. The van der Waals surface area contributed by atoms with Crippen LogP contribution in [0.3, 0.4) is 0 Å². The average molecular weight is 363 g/mol. The van der Waals surface area contributed by atoms with Gasteiger partial charge in [-0.15, -0.1) is 0 Å². The monoisotopic (exact) mass is 362 g/mol. The molecular weight excluding hydrogens is 328 g/mol. The number of benzene rings is 1. The number of ether oxygens (including phenoxy) is 3. The molecule has 0 radical (unpaired) electrons. The van der Waals surface area contributed by atoms with Gasteiger partial charge in [-0.05, 0) is 43.1 Å². The lowest BCUT2D eigenvalue weighted by Crippen LogP contribution is -2.43. The Morgan fingerprint density at radius 1 is 1.23 bits per heavy atom. The molecule has 1 saturated carbocycles. The molecule has 1 aliphatic rings. The molecule has 2 rings (SSSR count). The van der Waals surface area contributed by atoms with Crippen molar-refractivity contribution in [1.82, 2.24) is 0 Å². The summed E-state index contributed by atoms with van der Waals surface area (Å²) in [4.78, 5) is 13.2. The zero-order chi connectivity index (χ0) is 19.3. The topological polar surface area (TPSA) is 44.8 Å². The number of esters is 1. The summed E-state index contributed by atoms with van der Waals surface area (Å²) < 4.78 is 17.1. The van der Waals surface area contributed by atoms with Gasteiger partial charge in [0.1, 0.15) is 6.10 Å². The van der Waals surface area contributed by atoms with E-state index in [0.29, 0.717) is 24.4 Å². The summed E-state index contributed by atoms with van der Waals surface area (Å²) in [6.07, 6.45) is 3.19. The molecule has 0 aromatic heterocycles. The first-order valence-electron chi connectivity index (χ1n) is 9.67. The van der Waals surface area contributed by atoms with Crippen molar-refractivity contribution in [2.45, 2.75) is 65.3 Å². The molecule has 0 N–H and O–H groups in total. The molecule has 4 atom stereocenters. The fourth-order valence-electron chi connectivity index (χ4n) is 4.07. The van der Waals surface area contributed by atoms with Crippen molar-refractivity contribution in [3.05, 3.63) is 35.4 Å². The van der Waals surface area contributed by atoms with Crippen LogP contribution in [0.2, 0.25) is 0 Å². The highest BCUT2D eigenvalue weighted by atomic mass is 16.6. The molecule has 0 saturated heterocycles. The molecule has 0 aliphatic heterocycles. The third kappa shape index (κ3) is 4.47. The van der Waals surface area contributed by atoms with Crippen LogP contribution in [0.15, 0.2) is 24.3 Å². The summed E-state index contributed by atoms with van der Waals surface area (Å²) in [7, 11) is 3.21. The molecule has 0 bridgehead atoms. The van der Waals surface area contributed by atoms with E-state index in [9.17, 15) is 4.79 Å². The van der Waals surface area contributed by atoms with E-state index in [1.165, 1.54) is 6.42 Å². The summed E-state index contributed by atoms with van der Waals surface area (Å²) in [5, 5.41) is 0. The van der Waals surface area contributed by atoms with Crippen molar-refractivity contribution in [2.75, 3.05) is 14.2 Å². The van der Waals surface area contributed by atoms with Gasteiger partial charge in [0.05, 0.1) is 6.61 Å². The molecule has 1 fully saturated rings. The number of hydrogen-bond donors (Lipinski definition) is 0. The molecule has 4 heteroatoms. The van der Waals surface area contributed by atoms with Gasteiger partial charge in [-0.2, -0.15) is 0 Å². The zero-order valence-corrected chi connectivity index (χ0v) is 17.1. The smallest absolute Gasteiger partial charge is 0.343 e. The number of methoxy groups -OCH3 is 2. The second kappa shape index (κ2) is 9.01. The minimum atomic E-state index is -1.14. The lowest BCUT2D eigenvalue weighted by atomic mass is 9.75. The largest absolute Gasteiger partial charge is 0.460 e. The third-order valence-electron chi connectivity index (χ3n) is 5.85. The highest BCUT2D eigenvalue weighted by Gasteiger charge is 2.42. The van der Waals surface area contributed by atoms with Crippen LogP contribution in [0.4, 0.5) is 0 Å². The normalized spacial score (nSPS) is 25.7. The number of carbonyl (C=O) groups excluding carboxylic acids is 1. The van der Waals surface area contributed by atoms with Crippen molar-refractivity contribution in [2.24, 2.45) is 17.8 Å². The van der Waals surface area contributed by atoms with Gasteiger partial charge in [0.15, 0.2) is 5.60 Å². The van der Waals surface area contributed by atoms with Crippen LogP contribution in [-0.2, 0) is 31.2 Å². The summed E-state index contributed by atoms with van der Waals surface area (Å²) in [6, 6.07) is 7.74. The highest BCUT2D eigenvalue weighted by Crippen LogP contribution is 2.37. The van der Waals surface area contributed by atoms with Crippen LogP contribution < -0.4 is 0 Å². The van der Waals surface area contributed by atoms with E-state index in [2.05, 4.69) is 20.8 Å². The van der Waals surface area contributed by atoms with E-state index in [1.807, 2.05) is 24.3 Å². The molecule has 1 aromatic rings. The second-order valence-corrected chi connectivity index (χ2v) is 8.10. The summed E-state index contributed by atoms with van der Waals surface area (Å²) in [6.45, 7) is 8.88. The third-order valence-corrected chi connectivity index (χ3v) is 5.85. The molecule has 146 valence electrons. The highest BCUT2D eigenvalue weighted by molar-refractivity contribution is 5.81. The number of carbonyl (C=O) groups is 1. The molecule has 0 amide bonds. The predicted molar refractivity (Wildman–Crippen MR) is 103 cm³/mol. The second-order valence-electron chi connectivity index (χ2n) is 8.10. The van der Waals surface area contributed by atoms with Crippen molar-refractivity contribution >= 4 is 5.97 Å². The maximum absolute atomic E-state index is 13.2. The maximum Gasteiger partial charge on any atom is 0.343 e. The van der Waals surface area contributed by atoms with E-state index in [4.69, 9.17) is 14.2 Å². The van der Waals surface area contributed by atoms with Crippen LogP contribution in [-0.4, -0.2) is 26.3 Å². The van der Waals surface area contributed by atoms with E-state index in [-0.39, 0.29) is 12.1 Å². The molecule has 0 heterocycles. The fourth-order valence-corrected chi connectivity index (χ4v) is 4.07. The van der Waals surface area contributed by atoms with Gasteiger partial charge in [-0.3, -0.25) is 0 Å². The predicted octanol–water partition coefficient (Wildman–Crippen LogP) is 4.70. The summed E-state index contributed by atoms with van der Waals surface area (Å²) >= 11 is 0. The van der Waals surface area contributed by atoms with E-state index < -0.39 is 5.60 Å². The van der Waals surface area contributed by atoms with Crippen molar-refractivity contribution in [1.29, 1.82) is 0 Å². The van der Waals surface area contributed by atoms with Crippen LogP contribution in [0.25, 0.3) is 0 Å². The molecule has 4 nitrogen and oxygen atoms in total. The minimum Gasteiger partial charge on any atom is -0.460 e. The average Bonchev–Trinajstić information content (AvgIpc) is 2.61. The van der Waals surface area contributed by atoms with Gasteiger partial charge >= 0.3 is 5.97 Å². The van der Waals surface area contributed by atoms with E-state index in [1.54, 1.807) is 21.1 Å². The lowest BCUT2D eigenvalue weighted by Gasteiger charge is -2.39. The number of hydrogen-bond acceptors (Lipinski definition) is 4. The van der Waals surface area contributed by atoms with Crippen LogP contribution in [0.1, 0.15) is 58.1 Å². The first-order valence-corrected chi connectivity index (χ1v) is 9.67. The van der Waals surface area contributed by atoms with Gasteiger partial charge in [-0.1, -0.05) is 51.5 Å². The molecule has 0 spiro atoms. The summed E-state index contributed by atoms with van der Waals surface area (Å²) in [5.74, 6) is 1.17. The van der Waals surface area contributed by atoms with Gasteiger partial charge in [0, 0.05) is 19.8 Å². The molecule has 1 aliphatic carbocycles. The van der Waals surface area contributed by atoms with Gasteiger partial charge in [-0.25, -0.2) is 4.79 Å². The Morgan fingerprint density at radius 3 is 2.54 bits per heavy atom. The van der Waals surface area contributed by atoms with Crippen LogP contribution in [0.5, 0.6) is 0 Å². The van der Waals surface area contributed by atoms with Crippen LogP contribution >= 0.6 is 0 Å². The Balaban J connectivity index is 2.27. The fraction of sp³-hybridized carbons (Fsp3) is 0.682. The Bertz CT molecular complexity index is 598. The SMILES string of the molecule is COCc1ccccc1[C@@](C)(OC)C(=O)O[C@@H]1C[C@H](C)CC[C@H]1C(C)C. The Kier molecular flexibility index (Phi) is 7.24.